The highest BCUT2D eigenvalue weighted by Crippen LogP contribution is 2.43. The maximum absolute atomic E-state index is 14.3. The molecule has 0 radical (unpaired) electrons. The van der Waals surface area contributed by atoms with Gasteiger partial charge >= 0.3 is 0 Å². The summed E-state index contributed by atoms with van der Waals surface area (Å²) >= 11 is 6.50. The van der Waals surface area contributed by atoms with E-state index >= 15 is 0 Å². The fourth-order valence-electron chi connectivity index (χ4n) is 4.39. The molecule has 0 fully saturated rings. The van der Waals surface area contributed by atoms with E-state index in [9.17, 15) is 18.7 Å². The molecule has 4 N–H and O–H groups in total. The van der Waals surface area contributed by atoms with Gasteiger partial charge in [0.05, 0.1) is 41.7 Å². The predicted octanol–water partition coefficient (Wildman–Crippen LogP) is 5.15. The van der Waals surface area contributed by atoms with Crippen molar-refractivity contribution in [3.05, 3.63) is 70.5 Å². The molecule has 1 aliphatic heterocycles. The zero-order valence-electron chi connectivity index (χ0n) is 20.5. The van der Waals surface area contributed by atoms with Crippen molar-refractivity contribution in [3.8, 4) is 17.2 Å². The number of nitrogens with zero attached hydrogens (tertiary/aromatic N) is 1. The van der Waals surface area contributed by atoms with Crippen molar-refractivity contribution in [2.24, 2.45) is 0 Å². The van der Waals surface area contributed by atoms with E-state index in [0.29, 0.717) is 33.5 Å². The summed E-state index contributed by atoms with van der Waals surface area (Å²) < 4.78 is 43.9. The van der Waals surface area contributed by atoms with Crippen LogP contribution in [0.1, 0.15) is 24.2 Å². The number of aromatic amines is 1. The van der Waals surface area contributed by atoms with E-state index in [-0.39, 0.29) is 29.0 Å². The summed E-state index contributed by atoms with van der Waals surface area (Å²) in [7, 11) is 2.80. The minimum absolute atomic E-state index is 0.000245. The third kappa shape index (κ3) is 4.28. The number of aliphatic hydroxyl groups is 1. The van der Waals surface area contributed by atoms with Crippen LogP contribution in [0.2, 0.25) is 5.02 Å². The first-order chi connectivity index (χ1) is 18.2. The zero-order valence-corrected chi connectivity index (χ0v) is 21.2. The molecule has 12 heteroatoms. The Balaban J connectivity index is 1.51. The van der Waals surface area contributed by atoms with Gasteiger partial charge in [0.2, 0.25) is 11.6 Å². The largest absolute Gasteiger partial charge is 0.493 e. The second kappa shape index (κ2) is 9.75. The van der Waals surface area contributed by atoms with E-state index in [1.807, 2.05) is 0 Å². The highest BCUT2D eigenvalue weighted by Gasteiger charge is 2.39. The molecule has 2 aromatic carbocycles. The molecule has 0 spiro atoms. The van der Waals surface area contributed by atoms with Gasteiger partial charge in [0, 0.05) is 24.4 Å². The molecule has 9 nitrogen and oxygen atoms in total. The lowest BCUT2D eigenvalue weighted by molar-refractivity contribution is -0.121. The zero-order chi connectivity index (χ0) is 27.2. The molecular formula is C26H23ClF2N4O5. The summed E-state index contributed by atoms with van der Waals surface area (Å²) in [4.78, 5) is 20.0. The quantitative estimate of drug-likeness (QED) is 0.254. The number of hydrogen-bond acceptors (Lipinski definition) is 7. The van der Waals surface area contributed by atoms with E-state index in [1.165, 1.54) is 44.7 Å². The number of amides is 1. The molecule has 2 aromatic heterocycles. The van der Waals surface area contributed by atoms with E-state index in [2.05, 4.69) is 20.6 Å². The number of rotatable bonds is 7. The lowest BCUT2D eigenvalue weighted by Gasteiger charge is -2.35. The van der Waals surface area contributed by atoms with Crippen molar-refractivity contribution in [1.29, 1.82) is 0 Å². The second-order valence-corrected chi connectivity index (χ2v) is 9.35. The number of benzene rings is 2. The topological polar surface area (TPSA) is 118 Å². The van der Waals surface area contributed by atoms with Crippen molar-refractivity contribution >= 4 is 39.9 Å². The van der Waals surface area contributed by atoms with Gasteiger partial charge in [-0.15, -0.1) is 0 Å². The average Bonchev–Trinajstić information content (AvgIpc) is 3.32. The van der Waals surface area contributed by atoms with E-state index in [0.717, 1.165) is 6.07 Å². The van der Waals surface area contributed by atoms with E-state index in [1.54, 1.807) is 13.1 Å². The number of anilines is 2. The van der Waals surface area contributed by atoms with Gasteiger partial charge in [-0.25, -0.2) is 9.37 Å². The first-order valence-corrected chi connectivity index (χ1v) is 11.8. The first-order valence-electron chi connectivity index (χ1n) is 11.4. The Morgan fingerprint density at radius 2 is 1.97 bits per heavy atom. The normalized spacial score (nSPS) is 17.5. The molecule has 1 amide bonds. The first kappa shape index (κ1) is 25.7. The van der Waals surface area contributed by atoms with Crippen molar-refractivity contribution in [2.75, 3.05) is 31.5 Å². The number of nitrogens with one attached hydrogen (secondary N) is 3. The van der Waals surface area contributed by atoms with Crippen molar-refractivity contribution in [1.82, 2.24) is 9.97 Å². The molecule has 1 unspecified atom stereocenters. The summed E-state index contributed by atoms with van der Waals surface area (Å²) in [5.41, 5.74) is 1.20. The second-order valence-electron chi connectivity index (χ2n) is 8.94. The molecule has 198 valence electrons. The van der Waals surface area contributed by atoms with Crippen molar-refractivity contribution < 1.29 is 32.9 Å². The van der Waals surface area contributed by atoms with Gasteiger partial charge in [0.1, 0.15) is 23.0 Å². The molecule has 4 aromatic rings. The molecular weight excluding hydrogens is 522 g/mol. The Labute approximate surface area is 220 Å². The van der Waals surface area contributed by atoms with Crippen LogP contribution in [0, 0.1) is 11.6 Å². The number of pyridine rings is 1. The van der Waals surface area contributed by atoms with Crippen LogP contribution in [0.5, 0.6) is 17.2 Å². The number of carbonyl (C=O) groups excluding carboxylic acids is 1. The monoisotopic (exact) mass is 544 g/mol. The Morgan fingerprint density at radius 3 is 2.68 bits per heavy atom. The summed E-state index contributed by atoms with van der Waals surface area (Å²) in [5, 5.41) is 18.1. The van der Waals surface area contributed by atoms with Crippen LogP contribution < -0.4 is 20.1 Å². The summed E-state index contributed by atoms with van der Waals surface area (Å²) in [6, 6.07) is 6.52. The fourth-order valence-corrected chi connectivity index (χ4v) is 4.67. The number of H-pyrrole nitrogens is 1. The minimum atomic E-state index is -1.22. The lowest BCUT2D eigenvalue weighted by Crippen LogP contribution is -2.53. The van der Waals surface area contributed by atoms with Gasteiger partial charge in [-0.3, -0.25) is 4.79 Å². The summed E-state index contributed by atoms with van der Waals surface area (Å²) in [5.74, 6) is -2.91. The molecule has 0 aliphatic carbocycles. The van der Waals surface area contributed by atoms with Crippen LogP contribution in [-0.2, 0) is 9.53 Å². The number of halogens is 3. The number of ether oxygens (including phenoxy) is 3. The van der Waals surface area contributed by atoms with Gasteiger partial charge in [-0.2, -0.15) is 4.39 Å². The minimum Gasteiger partial charge on any atom is -0.493 e. The van der Waals surface area contributed by atoms with Crippen LogP contribution in [0.3, 0.4) is 0 Å². The van der Waals surface area contributed by atoms with Crippen LogP contribution in [0.4, 0.5) is 20.2 Å². The smallest absolute Gasteiger partial charge is 0.252 e. The highest BCUT2D eigenvalue weighted by molar-refractivity contribution is 6.31. The van der Waals surface area contributed by atoms with Crippen molar-refractivity contribution in [2.45, 2.75) is 18.6 Å². The fraction of sp³-hybridized carbons (Fsp3) is 0.231. The highest BCUT2D eigenvalue weighted by atomic mass is 35.5. The van der Waals surface area contributed by atoms with Crippen LogP contribution in [0.15, 0.2) is 42.7 Å². The van der Waals surface area contributed by atoms with Gasteiger partial charge in [-0.1, -0.05) is 17.7 Å². The molecule has 0 bridgehead atoms. The molecule has 2 atom stereocenters. The van der Waals surface area contributed by atoms with Crippen LogP contribution in [0.25, 0.3) is 11.0 Å². The van der Waals surface area contributed by atoms with Crippen molar-refractivity contribution in [3.63, 3.8) is 0 Å². The van der Waals surface area contributed by atoms with Crippen LogP contribution >= 0.6 is 11.6 Å². The number of carbonyl (C=O) groups is 1. The SMILES string of the molecule is COC[C@]1(C)Nc2c(cnc3[nH]cc(C(O)c4ccc(Oc5c(OC)ccc(F)c5F)cc4Cl)c23)NC1=O. The molecule has 0 saturated heterocycles. The van der Waals surface area contributed by atoms with Gasteiger partial charge in [0.25, 0.3) is 5.91 Å². The van der Waals surface area contributed by atoms with Crippen LogP contribution in [-0.4, -0.2) is 47.3 Å². The predicted molar refractivity (Wildman–Crippen MR) is 137 cm³/mol. The average molecular weight is 545 g/mol. The standard InChI is InChI=1S/C26H23ClF2N4O5/c1-26(11-36-2)25(35)32-17-10-31-24-19(21(17)33-26)14(9-30-24)22(34)13-5-4-12(8-15(13)27)38-23-18(37-3)7-6-16(28)20(23)29/h4-10,22,33-34H,11H2,1-3H3,(H,30,31)(H,32,35)/t22?,26-/m0/s1. The third-order valence-corrected chi connectivity index (χ3v) is 6.66. The Morgan fingerprint density at radius 1 is 1.18 bits per heavy atom. The van der Waals surface area contributed by atoms with Gasteiger partial charge in [-0.05, 0) is 31.2 Å². The molecule has 5 rings (SSSR count). The number of hydrogen-bond donors (Lipinski definition) is 4. The Bertz CT molecular complexity index is 1560. The number of fused-ring (bicyclic) bond motifs is 3. The van der Waals surface area contributed by atoms with Gasteiger partial charge < -0.3 is 34.9 Å². The summed E-state index contributed by atoms with van der Waals surface area (Å²) in [6.45, 7) is 1.81. The lowest BCUT2D eigenvalue weighted by atomic mass is 9.95. The number of aliphatic hydroxyl groups excluding tert-OH is 1. The summed E-state index contributed by atoms with van der Waals surface area (Å²) in [6.07, 6.45) is 1.90. The molecule has 38 heavy (non-hydrogen) atoms. The molecule has 0 saturated carbocycles. The number of methoxy groups -OCH3 is 2. The number of aromatic nitrogens is 2. The molecule has 1 aliphatic rings. The maximum atomic E-state index is 14.3. The van der Waals surface area contributed by atoms with E-state index in [4.69, 9.17) is 25.8 Å². The Hall–Kier alpha value is -3.93. The molecule has 3 heterocycles. The maximum Gasteiger partial charge on any atom is 0.252 e. The van der Waals surface area contributed by atoms with E-state index < -0.39 is 29.0 Å². The third-order valence-electron chi connectivity index (χ3n) is 6.33. The Kier molecular flexibility index (Phi) is 6.59. The van der Waals surface area contributed by atoms with Gasteiger partial charge in [0.15, 0.2) is 11.6 Å².